The Morgan fingerprint density at radius 2 is 2.15 bits per heavy atom. The molecule has 8 heteroatoms. The zero-order valence-electron chi connectivity index (χ0n) is 14.8. The third-order valence-electron chi connectivity index (χ3n) is 3.54. The highest BCUT2D eigenvalue weighted by molar-refractivity contribution is 6.31. The highest BCUT2D eigenvalue weighted by Crippen LogP contribution is 2.16. The summed E-state index contributed by atoms with van der Waals surface area (Å²) in [6.07, 6.45) is 4.78. The van der Waals surface area contributed by atoms with Crippen LogP contribution in [0, 0.1) is 0 Å². The molecule has 0 unspecified atom stereocenters. The van der Waals surface area contributed by atoms with E-state index in [2.05, 4.69) is 28.6 Å². The molecule has 0 atom stereocenters. The first-order chi connectivity index (χ1) is 12.9. The van der Waals surface area contributed by atoms with E-state index in [-0.39, 0.29) is 24.6 Å². The topological polar surface area (TPSA) is 86.1 Å². The molecule has 1 amide bonds. The number of carbonyl (C=O) groups is 1. The lowest BCUT2D eigenvalue weighted by molar-refractivity contribution is -0.121. The first-order valence-electron chi connectivity index (χ1n) is 7.96. The Kier molecular flexibility index (Phi) is 7.08. The monoisotopic (exact) mass is 386 g/mol. The summed E-state index contributed by atoms with van der Waals surface area (Å²) in [5, 5.41) is 7.20. The molecular weight excluding hydrogens is 368 g/mol. The van der Waals surface area contributed by atoms with Crippen molar-refractivity contribution in [3.05, 3.63) is 76.7 Å². The van der Waals surface area contributed by atoms with Gasteiger partial charge in [-0.15, -0.1) is 0 Å². The van der Waals surface area contributed by atoms with Crippen LogP contribution in [0.15, 0.2) is 71.2 Å². The molecule has 2 rings (SSSR count). The second kappa shape index (κ2) is 9.49. The Morgan fingerprint density at radius 3 is 2.74 bits per heavy atom. The Morgan fingerprint density at radius 1 is 1.37 bits per heavy atom. The molecule has 7 nitrogen and oxygen atoms in total. The zero-order chi connectivity index (χ0) is 19.8. The van der Waals surface area contributed by atoms with Crippen LogP contribution in [-0.2, 0) is 11.3 Å². The lowest BCUT2D eigenvalue weighted by atomic mass is 10.2. The molecule has 140 valence electrons. The number of rotatable bonds is 8. The van der Waals surface area contributed by atoms with E-state index in [4.69, 9.17) is 16.3 Å². The fraction of sp³-hybridized carbons (Fsp3) is 0.158. The van der Waals surface area contributed by atoms with Crippen LogP contribution in [0.5, 0.6) is 5.88 Å². The van der Waals surface area contributed by atoms with Gasteiger partial charge < -0.3 is 10.1 Å². The number of allylic oxidation sites excluding steroid dienone is 2. The van der Waals surface area contributed by atoms with Gasteiger partial charge in [-0.3, -0.25) is 9.59 Å². The summed E-state index contributed by atoms with van der Waals surface area (Å²) in [7, 11) is 1.52. The van der Waals surface area contributed by atoms with Crippen molar-refractivity contribution in [2.24, 2.45) is 0 Å². The number of ether oxygens (including phenoxy) is 1. The average molecular weight is 387 g/mol. The number of pyridine rings is 1. The lowest BCUT2D eigenvalue weighted by Crippen LogP contribution is -2.34. The predicted octanol–water partition coefficient (Wildman–Crippen LogP) is 2.29. The van der Waals surface area contributed by atoms with Crippen molar-refractivity contribution in [1.29, 1.82) is 0 Å². The van der Waals surface area contributed by atoms with Crippen molar-refractivity contribution in [3.8, 4) is 17.1 Å². The summed E-state index contributed by atoms with van der Waals surface area (Å²) in [6.45, 7) is 7.15. The molecule has 0 aliphatic rings. The zero-order valence-corrected chi connectivity index (χ0v) is 15.6. The molecule has 0 saturated heterocycles. The minimum absolute atomic E-state index is 0.171. The third kappa shape index (κ3) is 5.65. The van der Waals surface area contributed by atoms with Gasteiger partial charge in [0.1, 0.15) is 6.54 Å². The van der Waals surface area contributed by atoms with Gasteiger partial charge in [-0.05, 0) is 17.7 Å². The van der Waals surface area contributed by atoms with Gasteiger partial charge in [-0.2, -0.15) is 5.10 Å². The summed E-state index contributed by atoms with van der Waals surface area (Å²) in [6, 6.07) is 6.37. The van der Waals surface area contributed by atoms with E-state index in [1.54, 1.807) is 36.5 Å². The van der Waals surface area contributed by atoms with Crippen molar-refractivity contribution < 1.29 is 9.53 Å². The minimum atomic E-state index is -0.390. The molecule has 0 aromatic carbocycles. The molecule has 27 heavy (non-hydrogen) atoms. The highest BCUT2D eigenvalue weighted by atomic mass is 35.5. The molecule has 2 aromatic rings. The quantitative estimate of drug-likeness (QED) is 0.703. The summed E-state index contributed by atoms with van der Waals surface area (Å²) >= 11 is 5.86. The lowest BCUT2D eigenvalue weighted by Gasteiger charge is -2.10. The summed E-state index contributed by atoms with van der Waals surface area (Å²) in [5.74, 6) is 0.0817. The molecule has 0 fully saturated rings. The van der Waals surface area contributed by atoms with E-state index in [1.165, 1.54) is 13.2 Å². The van der Waals surface area contributed by atoms with Crippen molar-refractivity contribution in [3.63, 3.8) is 0 Å². The Hall–Kier alpha value is -3.19. The van der Waals surface area contributed by atoms with E-state index in [1.807, 2.05) is 0 Å². The molecule has 0 radical (unpaired) electrons. The number of hydrogen-bond acceptors (Lipinski definition) is 5. The van der Waals surface area contributed by atoms with E-state index in [0.717, 1.165) is 4.68 Å². The number of methoxy groups -OCH3 is 1. The van der Waals surface area contributed by atoms with Crippen molar-refractivity contribution in [2.75, 3.05) is 13.7 Å². The first-order valence-corrected chi connectivity index (χ1v) is 8.34. The van der Waals surface area contributed by atoms with Crippen LogP contribution < -0.4 is 15.6 Å². The van der Waals surface area contributed by atoms with Crippen LogP contribution in [0.2, 0.25) is 0 Å². The number of aromatic nitrogens is 3. The van der Waals surface area contributed by atoms with Crippen molar-refractivity contribution >= 4 is 17.5 Å². The maximum Gasteiger partial charge on any atom is 0.267 e. The van der Waals surface area contributed by atoms with Gasteiger partial charge in [0.2, 0.25) is 11.8 Å². The third-order valence-corrected chi connectivity index (χ3v) is 3.79. The van der Waals surface area contributed by atoms with Gasteiger partial charge in [0, 0.05) is 35.5 Å². The number of carbonyl (C=O) groups excluding carboxylic acids is 1. The molecule has 0 aliphatic carbocycles. The average Bonchev–Trinajstić information content (AvgIpc) is 2.66. The normalized spacial score (nSPS) is 11.0. The summed E-state index contributed by atoms with van der Waals surface area (Å²) < 4.78 is 6.10. The number of nitrogens with one attached hydrogen (secondary N) is 1. The van der Waals surface area contributed by atoms with Crippen LogP contribution >= 0.6 is 11.6 Å². The van der Waals surface area contributed by atoms with Crippen LogP contribution in [-0.4, -0.2) is 34.3 Å². The Bertz CT molecular complexity index is 933. The maximum atomic E-state index is 12.2. The van der Waals surface area contributed by atoms with E-state index < -0.39 is 0 Å². The largest absolute Gasteiger partial charge is 0.481 e. The molecular formula is C19H19ClN4O3. The molecule has 2 heterocycles. The summed E-state index contributed by atoms with van der Waals surface area (Å²) in [4.78, 5) is 28.3. The number of halogens is 1. The van der Waals surface area contributed by atoms with Crippen LogP contribution in [0.3, 0.4) is 0 Å². The van der Waals surface area contributed by atoms with Crippen molar-refractivity contribution in [2.45, 2.75) is 6.54 Å². The van der Waals surface area contributed by atoms with Gasteiger partial charge in [0.15, 0.2) is 0 Å². The number of amides is 1. The van der Waals surface area contributed by atoms with Crippen LogP contribution in [0.25, 0.3) is 11.3 Å². The van der Waals surface area contributed by atoms with Gasteiger partial charge in [-0.25, -0.2) is 9.67 Å². The van der Waals surface area contributed by atoms with E-state index in [9.17, 15) is 9.59 Å². The molecule has 0 bridgehead atoms. The van der Waals surface area contributed by atoms with E-state index in [0.29, 0.717) is 27.7 Å². The smallest absolute Gasteiger partial charge is 0.267 e. The maximum absolute atomic E-state index is 12.2. The summed E-state index contributed by atoms with van der Waals surface area (Å²) in [5.41, 5.74) is 1.44. The van der Waals surface area contributed by atoms with Crippen LogP contribution in [0.4, 0.5) is 0 Å². The molecule has 1 N–H and O–H groups in total. The SMILES string of the molecule is C=C/C=C(/CNC(=O)Cn1nc(-c2ccc(OC)nc2)ccc1=O)C(=C)Cl. The second-order valence-electron chi connectivity index (χ2n) is 5.41. The number of nitrogens with zero attached hydrogens (tertiary/aromatic N) is 3. The standard InChI is InChI=1S/C19H19ClN4O3/c1-4-5-14(13(2)20)10-21-17(25)12-24-19(26)9-7-16(23-24)15-6-8-18(27-3)22-11-15/h4-9,11H,1-2,10,12H2,3H3,(H,21,25)/b14-5-. The predicted molar refractivity (Wildman–Crippen MR) is 105 cm³/mol. The first kappa shape index (κ1) is 20.1. The Balaban J connectivity index is 2.12. The van der Waals surface area contributed by atoms with E-state index >= 15 is 0 Å². The Labute approximate surface area is 161 Å². The van der Waals surface area contributed by atoms with Gasteiger partial charge in [0.05, 0.1) is 12.8 Å². The van der Waals surface area contributed by atoms with Crippen LogP contribution in [0.1, 0.15) is 0 Å². The fourth-order valence-electron chi connectivity index (χ4n) is 2.14. The molecule has 0 spiro atoms. The fourth-order valence-corrected chi connectivity index (χ4v) is 2.27. The second-order valence-corrected chi connectivity index (χ2v) is 5.87. The molecule has 0 aliphatic heterocycles. The molecule has 0 saturated carbocycles. The van der Waals surface area contributed by atoms with Gasteiger partial charge in [-0.1, -0.05) is 36.9 Å². The van der Waals surface area contributed by atoms with Gasteiger partial charge >= 0.3 is 0 Å². The van der Waals surface area contributed by atoms with Gasteiger partial charge in [0.25, 0.3) is 5.56 Å². The van der Waals surface area contributed by atoms with Crippen molar-refractivity contribution in [1.82, 2.24) is 20.1 Å². The number of hydrogen-bond donors (Lipinski definition) is 1. The molecule has 2 aromatic heterocycles. The minimum Gasteiger partial charge on any atom is -0.481 e. The highest BCUT2D eigenvalue weighted by Gasteiger charge is 2.09.